The van der Waals surface area contributed by atoms with Gasteiger partial charge in [0, 0.05) is 20.7 Å². The Balaban J connectivity index is 1.71. The molecular formula is C26H24ClNO3S. The SMILES string of the molecule is CCNCCc1ccc(Oc2c(C(=O)c3ccc(Cl)cc3C)sc3cc(O)ccc23)cc1. The van der Waals surface area contributed by atoms with Crippen LogP contribution in [0.2, 0.25) is 5.02 Å². The third kappa shape index (κ3) is 4.80. The van der Waals surface area contributed by atoms with Gasteiger partial charge in [-0.05, 0) is 86.1 Å². The van der Waals surface area contributed by atoms with Crippen molar-refractivity contribution < 1.29 is 14.6 Å². The molecule has 3 aromatic carbocycles. The van der Waals surface area contributed by atoms with Gasteiger partial charge in [0.15, 0.2) is 5.75 Å². The van der Waals surface area contributed by atoms with Crippen molar-refractivity contribution in [2.75, 3.05) is 13.1 Å². The molecule has 164 valence electrons. The highest BCUT2D eigenvalue weighted by Gasteiger charge is 2.23. The van der Waals surface area contributed by atoms with Gasteiger partial charge in [0.1, 0.15) is 16.4 Å². The lowest BCUT2D eigenvalue weighted by Crippen LogP contribution is -2.15. The van der Waals surface area contributed by atoms with Crippen molar-refractivity contribution in [1.29, 1.82) is 0 Å². The summed E-state index contributed by atoms with van der Waals surface area (Å²) in [5.74, 6) is 1.19. The van der Waals surface area contributed by atoms with Gasteiger partial charge in [0.2, 0.25) is 5.78 Å². The fourth-order valence-corrected chi connectivity index (χ4v) is 4.91. The van der Waals surface area contributed by atoms with Crippen molar-refractivity contribution in [2.24, 2.45) is 0 Å². The molecule has 0 spiro atoms. The summed E-state index contributed by atoms with van der Waals surface area (Å²) in [5, 5.41) is 14.6. The fourth-order valence-electron chi connectivity index (χ4n) is 3.57. The van der Waals surface area contributed by atoms with E-state index in [0.29, 0.717) is 27.0 Å². The minimum absolute atomic E-state index is 0.128. The first-order valence-corrected chi connectivity index (χ1v) is 11.7. The van der Waals surface area contributed by atoms with Gasteiger partial charge in [0.25, 0.3) is 0 Å². The molecule has 4 nitrogen and oxygen atoms in total. The topological polar surface area (TPSA) is 58.6 Å². The molecule has 0 aliphatic carbocycles. The molecule has 0 bridgehead atoms. The van der Waals surface area contributed by atoms with Crippen LogP contribution in [0.25, 0.3) is 10.1 Å². The number of aryl methyl sites for hydroxylation is 1. The molecular weight excluding hydrogens is 442 g/mol. The Bertz CT molecular complexity index is 1260. The number of ketones is 1. The summed E-state index contributed by atoms with van der Waals surface area (Å²) in [7, 11) is 0. The zero-order valence-corrected chi connectivity index (χ0v) is 19.5. The molecule has 0 saturated heterocycles. The van der Waals surface area contributed by atoms with Crippen LogP contribution in [0.1, 0.15) is 33.3 Å². The van der Waals surface area contributed by atoms with E-state index in [-0.39, 0.29) is 11.5 Å². The molecule has 0 atom stereocenters. The number of carbonyl (C=O) groups is 1. The summed E-state index contributed by atoms with van der Waals surface area (Å²) in [6, 6.07) is 18.2. The van der Waals surface area contributed by atoms with Crippen LogP contribution >= 0.6 is 22.9 Å². The van der Waals surface area contributed by atoms with E-state index in [9.17, 15) is 9.90 Å². The maximum absolute atomic E-state index is 13.5. The number of carbonyl (C=O) groups excluding carboxylic acids is 1. The van der Waals surface area contributed by atoms with Crippen molar-refractivity contribution in [3.05, 3.63) is 87.3 Å². The number of halogens is 1. The first kappa shape index (κ1) is 22.3. The number of phenolic OH excluding ortho intramolecular Hbond substituents is 1. The largest absolute Gasteiger partial charge is 0.508 e. The van der Waals surface area contributed by atoms with Gasteiger partial charge in [-0.2, -0.15) is 0 Å². The lowest BCUT2D eigenvalue weighted by atomic mass is 10.0. The highest BCUT2D eigenvalue weighted by molar-refractivity contribution is 7.21. The molecule has 0 radical (unpaired) electrons. The average molecular weight is 466 g/mol. The monoisotopic (exact) mass is 465 g/mol. The summed E-state index contributed by atoms with van der Waals surface area (Å²) in [4.78, 5) is 14.0. The molecule has 4 rings (SSSR count). The van der Waals surface area contributed by atoms with Crippen molar-refractivity contribution >= 4 is 38.8 Å². The molecule has 0 aliphatic rings. The average Bonchev–Trinajstić information content (AvgIpc) is 3.12. The van der Waals surface area contributed by atoms with E-state index >= 15 is 0 Å². The second kappa shape index (κ2) is 9.74. The lowest BCUT2D eigenvalue weighted by molar-refractivity contribution is 0.104. The summed E-state index contributed by atoms with van der Waals surface area (Å²) < 4.78 is 7.04. The Morgan fingerprint density at radius 2 is 1.88 bits per heavy atom. The zero-order valence-electron chi connectivity index (χ0n) is 17.9. The summed E-state index contributed by atoms with van der Waals surface area (Å²) in [6.07, 6.45) is 0.939. The van der Waals surface area contributed by atoms with Crippen molar-refractivity contribution in [3.8, 4) is 17.2 Å². The van der Waals surface area contributed by atoms with E-state index in [2.05, 4.69) is 12.2 Å². The number of phenols is 1. The van der Waals surface area contributed by atoms with Crippen LogP contribution in [0.3, 0.4) is 0 Å². The minimum atomic E-state index is -0.128. The standard InChI is InChI=1S/C26H24ClNO3S/c1-3-28-13-12-17-4-8-20(9-5-17)31-25-22-11-7-19(29)15-23(22)32-26(25)24(30)21-10-6-18(27)14-16(21)2/h4-11,14-15,28-29H,3,12-13H2,1-2H3. The number of likely N-dealkylation sites (N-methyl/N-ethyl adjacent to an activating group) is 1. The third-order valence-corrected chi connectivity index (χ3v) is 6.62. The van der Waals surface area contributed by atoms with Gasteiger partial charge in [0.05, 0.1) is 0 Å². The van der Waals surface area contributed by atoms with E-state index in [0.717, 1.165) is 35.2 Å². The van der Waals surface area contributed by atoms with Crippen molar-refractivity contribution in [1.82, 2.24) is 5.32 Å². The highest BCUT2D eigenvalue weighted by atomic mass is 35.5. The van der Waals surface area contributed by atoms with Crippen molar-refractivity contribution in [2.45, 2.75) is 20.3 Å². The second-order valence-corrected chi connectivity index (χ2v) is 9.07. The molecule has 0 amide bonds. The zero-order chi connectivity index (χ0) is 22.7. The van der Waals surface area contributed by atoms with E-state index in [1.165, 1.54) is 16.9 Å². The summed E-state index contributed by atoms with van der Waals surface area (Å²) in [6.45, 7) is 5.83. The number of rotatable bonds is 8. The van der Waals surface area contributed by atoms with Crippen LogP contribution < -0.4 is 10.1 Å². The summed E-state index contributed by atoms with van der Waals surface area (Å²) in [5.41, 5.74) is 2.60. The minimum Gasteiger partial charge on any atom is -0.508 e. The molecule has 0 unspecified atom stereocenters. The van der Waals surface area contributed by atoms with E-state index in [1.807, 2.05) is 31.2 Å². The molecule has 4 aromatic rings. The van der Waals surface area contributed by atoms with Crippen LogP contribution in [-0.4, -0.2) is 24.0 Å². The first-order chi connectivity index (χ1) is 15.5. The molecule has 6 heteroatoms. The van der Waals surface area contributed by atoms with Crippen LogP contribution in [0, 0.1) is 6.92 Å². The number of hydrogen-bond donors (Lipinski definition) is 2. The second-order valence-electron chi connectivity index (χ2n) is 7.58. The van der Waals surface area contributed by atoms with Crippen LogP contribution in [-0.2, 0) is 6.42 Å². The van der Waals surface area contributed by atoms with Crippen LogP contribution in [0.4, 0.5) is 0 Å². The highest BCUT2D eigenvalue weighted by Crippen LogP contribution is 2.43. The Morgan fingerprint density at radius 1 is 1.09 bits per heavy atom. The Hall–Kier alpha value is -2.86. The first-order valence-electron chi connectivity index (χ1n) is 10.5. The lowest BCUT2D eigenvalue weighted by Gasteiger charge is -2.10. The quantitative estimate of drug-likeness (QED) is 0.223. The number of aromatic hydroxyl groups is 1. The maximum atomic E-state index is 13.5. The van der Waals surface area contributed by atoms with Crippen LogP contribution in [0.15, 0.2) is 60.7 Å². The van der Waals surface area contributed by atoms with Crippen molar-refractivity contribution in [3.63, 3.8) is 0 Å². The van der Waals surface area contributed by atoms with Gasteiger partial charge >= 0.3 is 0 Å². The number of thiophene rings is 1. The van der Waals surface area contributed by atoms with Gasteiger partial charge < -0.3 is 15.2 Å². The van der Waals surface area contributed by atoms with Gasteiger partial charge in [-0.15, -0.1) is 11.3 Å². The number of benzene rings is 3. The van der Waals surface area contributed by atoms with Gasteiger partial charge in [-0.25, -0.2) is 0 Å². The van der Waals surface area contributed by atoms with Gasteiger partial charge in [-0.3, -0.25) is 4.79 Å². The fraction of sp³-hybridized carbons (Fsp3) is 0.192. The molecule has 32 heavy (non-hydrogen) atoms. The van der Waals surface area contributed by atoms with Gasteiger partial charge in [-0.1, -0.05) is 30.7 Å². The predicted molar refractivity (Wildman–Crippen MR) is 132 cm³/mol. The Labute approximate surface area is 196 Å². The normalized spacial score (nSPS) is 11.1. The van der Waals surface area contributed by atoms with E-state index in [1.54, 1.807) is 36.4 Å². The molecule has 1 heterocycles. The maximum Gasteiger partial charge on any atom is 0.207 e. The molecule has 0 saturated carbocycles. The molecule has 0 fully saturated rings. The number of hydrogen-bond acceptors (Lipinski definition) is 5. The Kier molecular flexibility index (Phi) is 6.80. The summed E-state index contributed by atoms with van der Waals surface area (Å²) >= 11 is 7.39. The van der Waals surface area contributed by atoms with E-state index < -0.39 is 0 Å². The van der Waals surface area contributed by atoms with E-state index in [4.69, 9.17) is 16.3 Å². The Morgan fingerprint density at radius 3 is 2.59 bits per heavy atom. The number of nitrogens with one attached hydrogen (secondary N) is 1. The smallest absolute Gasteiger partial charge is 0.207 e. The van der Waals surface area contributed by atoms with Crippen LogP contribution in [0.5, 0.6) is 17.2 Å². The third-order valence-electron chi connectivity index (χ3n) is 5.25. The number of ether oxygens (including phenoxy) is 1. The molecule has 1 aromatic heterocycles. The number of fused-ring (bicyclic) bond motifs is 1. The molecule has 2 N–H and O–H groups in total. The molecule has 0 aliphatic heterocycles. The predicted octanol–water partition coefficient (Wildman–Crippen LogP) is 6.74.